The van der Waals surface area contributed by atoms with E-state index in [-0.39, 0.29) is 44.7 Å². The summed E-state index contributed by atoms with van der Waals surface area (Å²) in [5.74, 6) is -0.731. The van der Waals surface area contributed by atoms with Crippen LogP contribution in [0, 0.1) is 11.6 Å². The summed E-state index contributed by atoms with van der Waals surface area (Å²) in [7, 11) is 0. The molecule has 0 unspecified atom stereocenters. The van der Waals surface area contributed by atoms with Crippen molar-refractivity contribution in [1.82, 2.24) is 9.80 Å². The molecular formula is C22H22F2N2O2S2. The van der Waals surface area contributed by atoms with Crippen LogP contribution in [-0.2, 0) is 9.59 Å². The van der Waals surface area contributed by atoms with Crippen LogP contribution in [0.25, 0.3) is 0 Å². The second-order valence-electron chi connectivity index (χ2n) is 7.43. The minimum absolute atomic E-state index is 0.0242. The second-order valence-corrected chi connectivity index (χ2v) is 10.3. The lowest BCUT2D eigenvalue weighted by Gasteiger charge is -2.29. The summed E-state index contributed by atoms with van der Waals surface area (Å²) in [5, 5.41) is -1.06. The molecule has 0 N–H and O–H groups in total. The van der Waals surface area contributed by atoms with Crippen molar-refractivity contribution in [3.05, 3.63) is 71.3 Å². The molecule has 2 heterocycles. The number of hydrogen-bond donors (Lipinski definition) is 0. The van der Waals surface area contributed by atoms with Crippen molar-refractivity contribution in [2.45, 2.75) is 35.1 Å². The van der Waals surface area contributed by atoms with Crippen LogP contribution in [-0.4, -0.2) is 45.2 Å². The van der Waals surface area contributed by atoms with Crippen LogP contribution in [0.15, 0.2) is 48.5 Å². The Kier molecular flexibility index (Phi) is 6.06. The van der Waals surface area contributed by atoms with Crippen molar-refractivity contribution in [3.63, 3.8) is 0 Å². The maximum Gasteiger partial charge on any atom is 0.236 e. The van der Waals surface area contributed by atoms with E-state index in [1.807, 2.05) is 26.0 Å². The van der Waals surface area contributed by atoms with Gasteiger partial charge in [0.25, 0.3) is 0 Å². The van der Waals surface area contributed by atoms with Crippen molar-refractivity contribution in [1.29, 1.82) is 0 Å². The lowest BCUT2D eigenvalue weighted by molar-refractivity contribution is -0.133. The first-order valence-electron chi connectivity index (χ1n) is 9.78. The predicted molar refractivity (Wildman–Crippen MR) is 116 cm³/mol. The zero-order valence-electron chi connectivity index (χ0n) is 16.6. The zero-order valence-corrected chi connectivity index (χ0v) is 18.3. The van der Waals surface area contributed by atoms with Crippen LogP contribution in [0.1, 0.15) is 35.7 Å². The number of thioether (sulfide) groups is 2. The highest BCUT2D eigenvalue weighted by Crippen LogP contribution is 2.45. The number of benzene rings is 2. The molecule has 8 heteroatoms. The summed E-state index contributed by atoms with van der Waals surface area (Å²) in [6.07, 6.45) is 0. The third kappa shape index (κ3) is 4.07. The van der Waals surface area contributed by atoms with Gasteiger partial charge >= 0.3 is 0 Å². The Balaban J connectivity index is 1.55. The maximum atomic E-state index is 13.7. The third-order valence-electron chi connectivity index (χ3n) is 5.34. The summed E-state index contributed by atoms with van der Waals surface area (Å²) in [4.78, 5) is 29.0. The van der Waals surface area contributed by atoms with Gasteiger partial charge in [0.15, 0.2) is 0 Å². The lowest BCUT2D eigenvalue weighted by atomic mass is 10.2. The molecule has 2 aromatic rings. The largest absolute Gasteiger partial charge is 0.324 e. The number of carbonyl (C=O) groups is 2. The van der Waals surface area contributed by atoms with Gasteiger partial charge < -0.3 is 9.80 Å². The van der Waals surface area contributed by atoms with Gasteiger partial charge in [0.1, 0.15) is 22.4 Å². The molecular weight excluding hydrogens is 426 g/mol. The molecule has 2 amide bonds. The van der Waals surface area contributed by atoms with Crippen LogP contribution in [0.5, 0.6) is 0 Å². The highest BCUT2D eigenvalue weighted by molar-refractivity contribution is 8.01. The summed E-state index contributed by atoms with van der Waals surface area (Å²) < 4.78 is 27.5. The Morgan fingerprint density at radius 1 is 0.767 bits per heavy atom. The van der Waals surface area contributed by atoms with Crippen LogP contribution < -0.4 is 0 Å². The number of halogens is 2. The highest BCUT2D eigenvalue weighted by Gasteiger charge is 2.42. The molecule has 158 valence electrons. The Morgan fingerprint density at radius 3 is 1.53 bits per heavy atom. The molecule has 2 aliphatic rings. The maximum absolute atomic E-state index is 13.7. The first-order chi connectivity index (χ1) is 14.3. The number of rotatable bonds is 5. The van der Waals surface area contributed by atoms with Gasteiger partial charge in [0, 0.05) is 13.1 Å². The molecule has 4 atom stereocenters. The van der Waals surface area contributed by atoms with Gasteiger partial charge in [-0.2, -0.15) is 0 Å². The van der Waals surface area contributed by atoms with E-state index in [1.165, 1.54) is 47.8 Å². The van der Waals surface area contributed by atoms with Crippen LogP contribution in [0.4, 0.5) is 8.78 Å². The van der Waals surface area contributed by atoms with E-state index in [0.717, 1.165) is 11.1 Å². The van der Waals surface area contributed by atoms with Crippen molar-refractivity contribution in [2.24, 2.45) is 0 Å². The molecule has 2 aliphatic heterocycles. The van der Waals surface area contributed by atoms with Crippen LogP contribution >= 0.6 is 23.5 Å². The molecule has 2 fully saturated rings. The van der Waals surface area contributed by atoms with Crippen molar-refractivity contribution >= 4 is 35.3 Å². The van der Waals surface area contributed by atoms with Gasteiger partial charge in [0.05, 0.1) is 10.5 Å². The predicted octanol–water partition coefficient (Wildman–Crippen LogP) is 4.59. The molecule has 4 nitrogen and oxygen atoms in total. The number of nitrogens with zero attached hydrogens (tertiary/aromatic N) is 2. The molecule has 0 radical (unpaired) electrons. The van der Waals surface area contributed by atoms with E-state index in [0.29, 0.717) is 13.1 Å². The van der Waals surface area contributed by atoms with Crippen LogP contribution in [0.2, 0.25) is 0 Å². The number of amides is 2. The molecule has 4 rings (SSSR count). The molecule has 0 aliphatic carbocycles. The van der Waals surface area contributed by atoms with Gasteiger partial charge in [0.2, 0.25) is 11.8 Å². The van der Waals surface area contributed by atoms with Crippen molar-refractivity contribution in [2.75, 3.05) is 13.1 Å². The fourth-order valence-corrected chi connectivity index (χ4v) is 6.45. The van der Waals surface area contributed by atoms with E-state index in [9.17, 15) is 18.4 Å². The topological polar surface area (TPSA) is 40.6 Å². The van der Waals surface area contributed by atoms with Gasteiger partial charge in [-0.25, -0.2) is 8.78 Å². The van der Waals surface area contributed by atoms with Gasteiger partial charge in [-0.3, -0.25) is 9.59 Å². The zero-order chi connectivity index (χ0) is 21.4. The van der Waals surface area contributed by atoms with Crippen LogP contribution in [0.3, 0.4) is 0 Å². The minimum Gasteiger partial charge on any atom is -0.324 e. The monoisotopic (exact) mass is 448 g/mol. The average Bonchev–Trinajstić information content (AvgIpc) is 3.16. The number of carbonyl (C=O) groups excluding carboxylic acids is 2. The molecule has 0 aromatic heterocycles. The Hall–Kier alpha value is -2.06. The normalized spacial score (nSPS) is 26.7. The van der Waals surface area contributed by atoms with E-state index >= 15 is 0 Å². The first kappa shape index (κ1) is 21.2. The molecule has 30 heavy (non-hydrogen) atoms. The molecule has 2 saturated heterocycles. The summed E-state index contributed by atoms with van der Waals surface area (Å²) in [6.45, 7) is 4.35. The van der Waals surface area contributed by atoms with E-state index in [2.05, 4.69) is 0 Å². The quantitative estimate of drug-likeness (QED) is 0.671. The highest BCUT2D eigenvalue weighted by atomic mass is 32.2. The van der Waals surface area contributed by atoms with Crippen molar-refractivity contribution < 1.29 is 18.4 Å². The fraction of sp³-hybridized carbons (Fsp3) is 0.364. The van der Waals surface area contributed by atoms with Gasteiger partial charge in [-0.1, -0.05) is 24.3 Å². The summed E-state index contributed by atoms with van der Waals surface area (Å²) in [5.41, 5.74) is 1.46. The fourth-order valence-electron chi connectivity index (χ4n) is 3.86. The number of hydrogen-bond acceptors (Lipinski definition) is 4. The second kappa shape index (κ2) is 8.59. The van der Waals surface area contributed by atoms with E-state index < -0.39 is 0 Å². The first-order valence-corrected chi connectivity index (χ1v) is 11.7. The summed E-state index contributed by atoms with van der Waals surface area (Å²) in [6, 6.07) is 12.6. The minimum atomic E-state index is -0.342. The molecule has 0 saturated carbocycles. The SMILES string of the molecule is C[C@H]1S[C@H](c2cccc(F)c2)N(CCN2C(=O)[C@@H](C)S[C@H]2c2cccc(F)c2)C1=O. The van der Waals surface area contributed by atoms with E-state index in [1.54, 1.807) is 21.9 Å². The molecule has 0 spiro atoms. The average molecular weight is 449 g/mol. The smallest absolute Gasteiger partial charge is 0.236 e. The van der Waals surface area contributed by atoms with Gasteiger partial charge in [-0.15, -0.1) is 23.5 Å². The Bertz CT molecular complexity index is 896. The van der Waals surface area contributed by atoms with Crippen molar-refractivity contribution in [3.8, 4) is 0 Å². The Morgan fingerprint density at radius 2 is 1.17 bits per heavy atom. The lowest BCUT2D eigenvalue weighted by Crippen LogP contribution is -2.40. The molecule has 2 aromatic carbocycles. The van der Waals surface area contributed by atoms with Gasteiger partial charge in [-0.05, 0) is 49.2 Å². The Labute approximate surface area is 183 Å². The van der Waals surface area contributed by atoms with E-state index in [4.69, 9.17) is 0 Å². The standard InChI is InChI=1S/C22H22F2N2O2S2/c1-13-19(27)25(21(29-13)15-5-3-7-17(23)11-15)9-10-26-20(28)14(2)30-22(26)16-6-4-8-18(24)12-16/h3-8,11-14,21-22H,9-10H2,1-2H3/t13-,14-,21-,22+/m1/s1. The summed E-state index contributed by atoms with van der Waals surface area (Å²) >= 11 is 2.96. The molecule has 0 bridgehead atoms. The third-order valence-corrected chi connectivity index (χ3v) is 8.13.